The van der Waals surface area contributed by atoms with Crippen LogP contribution in [0.4, 0.5) is 17.1 Å². The highest BCUT2D eigenvalue weighted by molar-refractivity contribution is 6.36. The Labute approximate surface area is 191 Å². The molecular formula is C25H22ClN3O3. The van der Waals surface area contributed by atoms with Gasteiger partial charge >= 0.3 is 5.97 Å². The Morgan fingerprint density at radius 2 is 1.84 bits per heavy atom. The third-order valence-corrected chi connectivity index (χ3v) is 5.62. The van der Waals surface area contributed by atoms with Crippen LogP contribution in [0.1, 0.15) is 15.9 Å². The topological polar surface area (TPSA) is 81.7 Å². The highest BCUT2D eigenvalue weighted by Crippen LogP contribution is 2.40. The molecule has 1 heterocycles. The zero-order chi connectivity index (χ0) is 22.8. The maximum absolute atomic E-state index is 12.6. The van der Waals surface area contributed by atoms with Crippen molar-refractivity contribution in [3.63, 3.8) is 0 Å². The number of halogens is 1. The summed E-state index contributed by atoms with van der Waals surface area (Å²) >= 11 is 6.52. The van der Waals surface area contributed by atoms with E-state index in [2.05, 4.69) is 10.6 Å². The van der Waals surface area contributed by atoms with Gasteiger partial charge in [0, 0.05) is 48.7 Å². The van der Waals surface area contributed by atoms with Crippen molar-refractivity contribution in [2.24, 2.45) is 0 Å². The van der Waals surface area contributed by atoms with Gasteiger partial charge in [-0.25, -0.2) is 4.79 Å². The molecule has 1 aliphatic heterocycles. The average Bonchev–Trinajstić information content (AvgIpc) is 3.07. The normalized spacial score (nSPS) is 13.6. The van der Waals surface area contributed by atoms with E-state index in [0.29, 0.717) is 28.5 Å². The first-order chi connectivity index (χ1) is 15.3. The number of anilines is 3. The second-order valence-corrected chi connectivity index (χ2v) is 8.06. The third kappa shape index (κ3) is 4.31. The minimum Gasteiger partial charge on any atom is -0.478 e. The summed E-state index contributed by atoms with van der Waals surface area (Å²) in [6, 6.07) is 18.3. The Bertz CT molecular complexity index is 1230. The number of nitrogens with zero attached hydrogens (tertiary/aromatic N) is 1. The fourth-order valence-electron chi connectivity index (χ4n) is 3.61. The molecule has 162 valence electrons. The number of nitrogens with one attached hydrogen (secondary N) is 2. The molecule has 0 bridgehead atoms. The fraction of sp³-hybridized carbons (Fsp3) is 0.120. The van der Waals surface area contributed by atoms with Crippen LogP contribution in [0, 0.1) is 0 Å². The summed E-state index contributed by atoms with van der Waals surface area (Å²) in [6.45, 7) is 0.362. The lowest BCUT2D eigenvalue weighted by Crippen LogP contribution is -2.07. The van der Waals surface area contributed by atoms with Crippen molar-refractivity contribution in [2.75, 3.05) is 36.2 Å². The molecule has 0 aliphatic carbocycles. The van der Waals surface area contributed by atoms with E-state index in [1.807, 2.05) is 49.3 Å². The van der Waals surface area contributed by atoms with Gasteiger partial charge in [-0.15, -0.1) is 0 Å². The van der Waals surface area contributed by atoms with E-state index in [9.17, 15) is 9.59 Å². The van der Waals surface area contributed by atoms with Crippen LogP contribution < -0.4 is 15.5 Å². The van der Waals surface area contributed by atoms with Gasteiger partial charge in [-0.05, 0) is 48.0 Å². The van der Waals surface area contributed by atoms with Gasteiger partial charge in [-0.1, -0.05) is 35.9 Å². The third-order valence-electron chi connectivity index (χ3n) is 5.31. The Hall–Kier alpha value is -3.77. The second-order valence-electron chi connectivity index (χ2n) is 7.66. The van der Waals surface area contributed by atoms with Crippen LogP contribution in [0.15, 0.2) is 66.7 Å². The molecule has 4 rings (SSSR count). The summed E-state index contributed by atoms with van der Waals surface area (Å²) in [6.07, 6.45) is 1.79. The quantitative estimate of drug-likeness (QED) is 0.451. The Morgan fingerprint density at radius 1 is 1.09 bits per heavy atom. The van der Waals surface area contributed by atoms with Crippen molar-refractivity contribution >= 4 is 46.1 Å². The molecule has 0 radical (unpaired) electrons. The number of aromatic carboxylic acids is 1. The first kappa shape index (κ1) is 21.5. The molecule has 6 nitrogen and oxygen atoms in total. The first-order valence-corrected chi connectivity index (χ1v) is 10.4. The molecule has 3 aromatic rings. The lowest BCUT2D eigenvalue weighted by Gasteiger charge is -2.14. The van der Waals surface area contributed by atoms with E-state index in [4.69, 9.17) is 16.7 Å². The highest BCUT2D eigenvalue weighted by Gasteiger charge is 2.25. The standard InChI is InChI=1S/C25H22ClN3O3/c1-29(2)18-8-6-15(7-9-18)20-13-21-19(24(30)28-23(21)14-22(20)26)10-11-27-17-5-3-4-16(12-17)25(31)32/h3-10,12-14,27H,11H2,1-2H3,(H,28,30)(H,31,32)/b19-10-. The zero-order valence-electron chi connectivity index (χ0n) is 17.6. The number of carbonyl (C=O) groups is 2. The van der Waals surface area contributed by atoms with Crippen LogP contribution in [0.5, 0.6) is 0 Å². The van der Waals surface area contributed by atoms with E-state index in [-0.39, 0.29) is 11.5 Å². The largest absolute Gasteiger partial charge is 0.478 e. The van der Waals surface area contributed by atoms with Crippen LogP contribution in [0.3, 0.4) is 0 Å². The number of carboxylic acids is 1. The fourth-order valence-corrected chi connectivity index (χ4v) is 3.88. The lowest BCUT2D eigenvalue weighted by atomic mass is 9.99. The molecule has 3 aromatic carbocycles. The van der Waals surface area contributed by atoms with Crippen molar-refractivity contribution in [3.8, 4) is 11.1 Å². The summed E-state index contributed by atoms with van der Waals surface area (Å²) in [5.74, 6) is -1.18. The second kappa shape index (κ2) is 8.77. The van der Waals surface area contributed by atoms with Crippen molar-refractivity contribution in [2.45, 2.75) is 0 Å². The molecule has 0 atom stereocenters. The van der Waals surface area contributed by atoms with E-state index >= 15 is 0 Å². The van der Waals surface area contributed by atoms with Gasteiger partial charge in [0.05, 0.1) is 16.3 Å². The van der Waals surface area contributed by atoms with Crippen molar-refractivity contribution < 1.29 is 14.7 Å². The van der Waals surface area contributed by atoms with Crippen molar-refractivity contribution in [1.82, 2.24) is 0 Å². The number of hydrogen-bond acceptors (Lipinski definition) is 4. The summed E-state index contributed by atoms with van der Waals surface area (Å²) in [5.41, 5.74) is 5.77. The number of benzene rings is 3. The Morgan fingerprint density at radius 3 is 2.53 bits per heavy atom. The van der Waals surface area contributed by atoms with Gasteiger partial charge in [0.2, 0.25) is 0 Å². The van der Waals surface area contributed by atoms with E-state index < -0.39 is 5.97 Å². The van der Waals surface area contributed by atoms with Gasteiger partial charge in [0.1, 0.15) is 0 Å². The predicted octanol–water partition coefficient (Wildman–Crippen LogP) is 5.22. The molecule has 0 unspecified atom stereocenters. The average molecular weight is 448 g/mol. The predicted molar refractivity (Wildman–Crippen MR) is 130 cm³/mol. The molecule has 3 N–H and O–H groups in total. The number of fused-ring (bicyclic) bond motifs is 1. The number of carboxylic acid groups (broad SMARTS) is 1. The Balaban J connectivity index is 1.60. The molecular weight excluding hydrogens is 426 g/mol. The minimum absolute atomic E-state index is 0.197. The van der Waals surface area contributed by atoms with Crippen LogP contribution in [-0.2, 0) is 4.79 Å². The molecule has 1 aliphatic rings. The number of hydrogen-bond donors (Lipinski definition) is 3. The highest BCUT2D eigenvalue weighted by atomic mass is 35.5. The summed E-state index contributed by atoms with van der Waals surface area (Å²) in [4.78, 5) is 25.7. The minimum atomic E-state index is -0.987. The van der Waals surface area contributed by atoms with Crippen LogP contribution in [-0.4, -0.2) is 37.6 Å². The smallest absolute Gasteiger partial charge is 0.335 e. The first-order valence-electron chi connectivity index (χ1n) is 10.0. The maximum atomic E-state index is 12.6. The van der Waals surface area contributed by atoms with Crippen molar-refractivity contribution in [3.05, 3.63) is 82.9 Å². The molecule has 0 aromatic heterocycles. The molecule has 0 saturated carbocycles. The molecule has 0 saturated heterocycles. The van der Waals surface area contributed by atoms with E-state index in [1.165, 1.54) is 6.07 Å². The van der Waals surface area contributed by atoms with E-state index in [0.717, 1.165) is 22.4 Å². The van der Waals surface area contributed by atoms with E-state index in [1.54, 1.807) is 30.3 Å². The number of carbonyl (C=O) groups excluding carboxylic acids is 1. The van der Waals surface area contributed by atoms with Gasteiger partial charge in [0.15, 0.2) is 0 Å². The van der Waals surface area contributed by atoms with Gasteiger partial charge in [-0.2, -0.15) is 0 Å². The Kier molecular flexibility index (Phi) is 5.88. The zero-order valence-corrected chi connectivity index (χ0v) is 18.4. The molecule has 0 spiro atoms. The summed E-state index contributed by atoms with van der Waals surface area (Å²) < 4.78 is 0. The van der Waals surface area contributed by atoms with Gasteiger partial charge in [-0.3, -0.25) is 4.79 Å². The summed E-state index contributed by atoms with van der Waals surface area (Å²) in [7, 11) is 3.97. The lowest BCUT2D eigenvalue weighted by molar-refractivity contribution is -0.110. The van der Waals surface area contributed by atoms with Crippen LogP contribution in [0.25, 0.3) is 16.7 Å². The summed E-state index contributed by atoms with van der Waals surface area (Å²) in [5, 5.41) is 15.7. The van der Waals surface area contributed by atoms with Crippen molar-refractivity contribution in [1.29, 1.82) is 0 Å². The van der Waals surface area contributed by atoms with Crippen LogP contribution >= 0.6 is 11.6 Å². The molecule has 1 amide bonds. The number of amides is 1. The molecule has 0 fully saturated rings. The molecule has 32 heavy (non-hydrogen) atoms. The number of rotatable bonds is 6. The monoisotopic (exact) mass is 447 g/mol. The van der Waals surface area contributed by atoms with Crippen LogP contribution in [0.2, 0.25) is 5.02 Å². The SMILES string of the molecule is CN(C)c1ccc(-c2cc3c(cc2Cl)NC(=O)/C3=C\CNc2cccc(C(=O)O)c2)cc1. The maximum Gasteiger partial charge on any atom is 0.335 e. The van der Waals surface area contributed by atoms with Gasteiger partial charge < -0.3 is 20.6 Å². The molecule has 7 heteroatoms. The van der Waals surface area contributed by atoms with Gasteiger partial charge in [0.25, 0.3) is 5.91 Å².